The number of hydrogen-bond acceptors (Lipinski definition) is 3. The van der Waals surface area contributed by atoms with E-state index < -0.39 is 0 Å². The Labute approximate surface area is 78.5 Å². The summed E-state index contributed by atoms with van der Waals surface area (Å²) >= 11 is 0. The zero-order valence-electron chi connectivity index (χ0n) is 8.19. The van der Waals surface area contributed by atoms with Gasteiger partial charge in [-0.15, -0.1) is 0 Å². The van der Waals surface area contributed by atoms with Gasteiger partial charge in [0.25, 0.3) is 0 Å². The van der Waals surface area contributed by atoms with Crippen molar-refractivity contribution in [1.82, 2.24) is 4.90 Å². The number of aliphatic hydroxyl groups excluding tert-OH is 1. The largest absolute Gasteiger partial charge is 0.391 e. The smallest absolute Gasteiger partial charge is 0.222 e. The Morgan fingerprint density at radius 1 is 1.69 bits per heavy atom. The third-order valence-electron chi connectivity index (χ3n) is 2.26. The second-order valence-electron chi connectivity index (χ2n) is 3.47. The minimum atomic E-state index is -0.352. The molecule has 2 atom stereocenters. The molecular formula is C9H17NO3. The summed E-state index contributed by atoms with van der Waals surface area (Å²) in [4.78, 5) is 12.8. The van der Waals surface area contributed by atoms with Crippen molar-refractivity contribution in [2.24, 2.45) is 0 Å². The van der Waals surface area contributed by atoms with Crippen molar-refractivity contribution in [2.75, 3.05) is 20.2 Å². The van der Waals surface area contributed by atoms with E-state index in [2.05, 4.69) is 0 Å². The van der Waals surface area contributed by atoms with E-state index in [-0.39, 0.29) is 18.1 Å². The summed E-state index contributed by atoms with van der Waals surface area (Å²) in [5.41, 5.74) is 0. The number of likely N-dealkylation sites (N-methyl/N-ethyl adjacent to an activating group) is 1. The SMILES string of the molecule is CCC(=O)N(C)CC1CC(O)CO1. The van der Waals surface area contributed by atoms with Crippen LogP contribution < -0.4 is 0 Å². The third kappa shape index (κ3) is 2.97. The van der Waals surface area contributed by atoms with E-state index in [1.165, 1.54) is 0 Å². The standard InChI is InChI=1S/C9H17NO3/c1-3-9(12)10(2)5-8-4-7(11)6-13-8/h7-8,11H,3-6H2,1-2H3. The van der Waals surface area contributed by atoms with Gasteiger partial charge < -0.3 is 14.7 Å². The number of carbonyl (C=O) groups excluding carboxylic acids is 1. The number of hydrogen-bond donors (Lipinski definition) is 1. The Hall–Kier alpha value is -0.610. The van der Waals surface area contributed by atoms with Gasteiger partial charge in [-0.25, -0.2) is 0 Å². The quantitative estimate of drug-likeness (QED) is 0.677. The Balaban J connectivity index is 2.28. The number of aliphatic hydroxyl groups is 1. The lowest BCUT2D eigenvalue weighted by Gasteiger charge is -2.19. The average molecular weight is 187 g/mol. The molecule has 4 nitrogen and oxygen atoms in total. The topological polar surface area (TPSA) is 49.8 Å². The lowest BCUT2D eigenvalue weighted by Crippen LogP contribution is -2.33. The Bertz CT molecular complexity index is 184. The van der Waals surface area contributed by atoms with Crippen LogP contribution in [0.2, 0.25) is 0 Å². The maximum Gasteiger partial charge on any atom is 0.222 e. The van der Waals surface area contributed by atoms with Crippen LogP contribution in [-0.4, -0.2) is 48.3 Å². The molecule has 1 aliphatic rings. The first-order valence-corrected chi connectivity index (χ1v) is 4.67. The van der Waals surface area contributed by atoms with Crippen molar-refractivity contribution in [3.8, 4) is 0 Å². The Morgan fingerprint density at radius 3 is 2.85 bits per heavy atom. The van der Waals surface area contributed by atoms with Gasteiger partial charge in [0.05, 0.1) is 18.8 Å². The van der Waals surface area contributed by atoms with Crippen LogP contribution in [0.15, 0.2) is 0 Å². The molecule has 0 aromatic carbocycles. The van der Waals surface area contributed by atoms with Crippen molar-refractivity contribution >= 4 is 5.91 Å². The molecule has 1 rings (SSSR count). The van der Waals surface area contributed by atoms with E-state index in [9.17, 15) is 9.90 Å². The zero-order valence-corrected chi connectivity index (χ0v) is 8.19. The molecule has 13 heavy (non-hydrogen) atoms. The van der Waals surface area contributed by atoms with Gasteiger partial charge in [-0.3, -0.25) is 4.79 Å². The van der Waals surface area contributed by atoms with Crippen LogP contribution >= 0.6 is 0 Å². The Morgan fingerprint density at radius 2 is 2.38 bits per heavy atom. The van der Waals surface area contributed by atoms with Crippen LogP contribution in [0.1, 0.15) is 19.8 Å². The number of ether oxygens (including phenoxy) is 1. The molecule has 0 spiro atoms. The van der Waals surface area contributed by atoms with Gasteiger partial charge in [0.15, 0.2) is 0 Å². The van der Waals surface area contributed by atoms with Crippen molar-refractivity contribution in [1.29, 1.82) is 0 Å². The van der Waals surface area contributed by atoms with Gasteiger partial charge in [0.1, 0.15) is 0 Å². The van der Waals surface area contributed by atoms with E-state index >= 15 is 0 Å². The fraction of sp³-hybridized carbons (Fsp3) is 0.889. The molecule has 1 fully saturated rings. The highest BCUT2D eigenvalue weighted by molar-refractivity contribution is 5.75. The predicted octanol–water partition coefficient (Wildman–Crippen LogP) is 0.00460. The van der Waals surface area contributed by atoms with E-state index in [4.69, 9.17) is 4.74 Å². The second kappa shape index (κ2) is 4.58. The van der Waals surface area contributed by atoms with Crippen LogP contribution in [0.3, 0.4) is 0 Å². The molecule has 1 aliphatic heterocycles. The highest BCUT2D eigenvalue weighted by Crippen LogP contribution is 2.13. The van der Waals surface area contributed by atoms with E-state index in [1.807, 2.05) is 6.92 Å². The maximum atomic E-state index is 11.2. The van der Waals surface area contributed by atoms with Crippen LogP contribution in [0.4, 0.5) is 0 Å². The number of amides is 1. The molecule has 1 saturated heterocycles. The molecule has 4 heteroatoms. The monoisotopic (exact) mass is 187 g/mol. The first-order chi connectivity index (χ1) is 6.13. The van der Waals surface area contributed by atoms with E-state index in [0.717, 1.165) is 0 Å². The molecule has 2 unspecified atom stereocenters. The van der Waals surface area contributed by atoms with Gasteiger partial charge in [-0.2, -0.15) is 0 Å². The van der Waals surface area contributed by atoms with Crippen LogP contribution in [0, 0.1) is 0 Å². The minimum absolute atomic E-state index is 0.00972. The zero-order chi connectivity index (χ0) is 9.84. The summed E-state index contributed by atoms with van der Waals surface area (Å²) in [6, 6.07) is 0. The molecule has 1 heterocycles. The van der Waals surface area contributed by atoms with Crippen molar-refractivity contribution in [3.05, 3.63) is 0 Å². The molecule has 0 aliphatic carbocycles. The summed E-state index contributed by atoms with van der Waals surface area (Å²) in [5, 5.41) is 9.18. The molecule has 0 saturated carbocycles. The van der Waals surface area contributed by atoms with Gasteiger partial charge >= 0.3 is 0 Å². The molecular weight excluding hydrogens is 170 g/mol. The molecule has 1 amide bonds. The predicted molar refractivity (Wildman–Crippen MR) is 48.3 cm³/mol. The van der Waals surface area contributed by atoms with Crippen LogP contribution in [0.5, 0.6) is 0 Å². The van der Waals surface area contributed by atoms with Gasteiger partial charge in [-0.05, 0) is 0 Å². The number of rotatable bonds is 3. The lowest BCUT2D eigenvalue weighted by molar-refractivity contribution is -0.130. The minimum Gasteiger partial charge on any atom is -0.391 e. The van der Waals surface area contributed by atoms with Crippen molar-refractivity contribution in [2.45, 2.75) is 32.0 Å². The maximum absolute atomic E-state index is 11.2. The summed E-state index contributed by atoms with van der Waals surface area (Å²) < 4.78 is 5.29. The number of carbonyl (C=O) groups is 1. The highest BCUT2D eigenvalue weighted by atomic mass is 16.5. The highest BCUT2D eigenvalue weighted by Gasteiger charge is 2.25. The normalized spacial score (nSPS) is 27.6. The molecule has 0 radical (unpaired) electrons. The average Bonchev–Trinajstić information content (AvgIpc) is 2.49. The summed E-state index contributed by atoms with van der Waals surface area (Å²) in [7, 11) is 1.76. The van der Waals surface area contributed by atoms with Crippen molar-refractivity contribution in [3.63, 3.8) is 0 Å². The molecule has 0 bridgehead atoms. The van der Waals surface area contributed by atoms with E-state index in [1.54, 1.807) is 11.9 Å². The fourth-order valence-corrected chi connectivity index (χ4v) is 1.49. The first kappa shape index (κ1) is 10.5. The summed E-state index contributed by atoms with van der Waals surface area (Å²) in [6.45, 7) is 2.83. The first-order valence-electron chi connectivity index (χ1n) is 4.67. The van der Waals surface area contributed by atoms with Crippen LogP contribution in [0.25, 0.3) is 0 Å². The van der Waals surface area contributed by atoms with Crippen molar-refractivity contribution < 1.29 is 14.6 Å². The molecule has 76 valence electrons. The number of nitrogens with zero attached hydrogens (tertiary/aromatic N) is 1. The summed E-state index contributed by atoms with van der Waals surface area (Å²) in [6.07, 6.45) is 0.818. The lowest BCUT2D eigenvalue weighted by atomic mass is 10.2. The van der Waals surface area contributed by atoms with Gasteiger partial charge in [0, 0.05) is 26.4 Å². The van der Waals surface area contributed by atoms with Crippen LogP contribution in [-0.2, 0) is 9.53 Å². The molecule has 1 N–H and O–H groups in total. The third-order valence-corrected chi connectivity index (χ3v) is 2.26. The second-order valence-corrected chi connectivity index (χ2v) is 3.47. The molecule has 0 aromatic rings. The van der Waals surface area contributed by atoms with Gasteiger partial charge in [0.2, 0.25) is 5.91 Å². The van der Waals surface area contributed by atoms with E-state index in [0.29, 0.717) is 26.0 Å². The summed E-state index contributed by atoms with van der Waals surface area (Å²) in [5.74, 6) is 0.116. The Kier molecular flexibility index (Phi) is 3.69. The fourth-order valence-electron chi connectivity index (χ4n) is 1.49. The van der Waals surface area contributed by atoms with Gasteiger partial charge in [-0.1, -0.05) is 6.92 Å². The molecule has 0 aromatic heterocycles.